The minimum absolute atomic E-state index is 0.113. The molecular formula is C24H21Cl2FN2O2. The normalized spacial score (nSPS) is 10.7. The minimum Gasteiger partial charge on any atom is -0.313 e. The first-order valence-corrected chi connectivity index (χ1v) is 10.6. The molecular weight excluding hydrogens is 438 g/mol. The molecule has 0 spiro atoms. The number of amides is 1. The van der Waals surface area contributed by atoms with Gasteiger partial charge in [0.1, 0.15) is 11.0 Å². The molecule has 1 aromatic heterocycles. The molecule has 4 nitrogen and oxygen atoms in total. The molecule has 1 heterocycles. The van der Waals surface area contributed by atoms with Crippen molar-refractivity contribution in [2.45, 2.75) is 26.2 Å². The van der Waals surface area contributed by atoms with Gasteiger partial charge in [0, 0.05) is 31.6 Å². The van der Waals surface area contributed by atoms with Crippen LogP contribution >= 0.6 is 23.2 Å². The van der Waals surface area contributed by atoms with Crippen LogP contribution in [0, 0.1) is 5.82 Å². The van der Waals surface area contributed by atoms with E-state index in [-0.39, 0.29) is 30.2 Å². The molecule has 2 aromatic carbocycles. The van der Waals surface area contributed by atoms with Gasteiger partial charge in [-0.15, -0.1) is 0 Å². The third-order valence-corrected chi connectivity index (χ3v) is 5.70. The lowest BCUT2D eigenvalue weighted by Gasteiger charge is -2.18. The third-order valence-electron chi connectivity index (χ3n) is 5.05. The molecule has 0 saturated heterocycles. The fraction of sp³-hybridized carbons (Fsp3) is 0.208. The van der Waals surface area contributed by atoms with E-state index < -0.39 is 5.82 Å². The summed E-state index contributed by atoms with van der Waals surface area (Å²) in [5.41, 5.74) is 2.68. The maximum Gasteiger partial charge on any atom is 0.226 e. The molecule has 0 aliphatic heterocycles. The van der Waals surface area contributed by atoms with Crippen LogP contribution in [-0.2, 0) is 11.2 Å². The van der Waals surface area contributed by atoms with E-state index >= 15 is 0 Å². The highest BCUT2D eigenvalue weighted by Gasteiger charge is 2.16. The number of benzene rings is 2. The second-order valence-electron chi connectivity index (χ2n) is 7.04. The fourth-order valence-corrected chi connectivity index (χ4v) is 3.74. The number of aryl methyl sites for hydroxylation is 1. The lowest BCUT2D eigenvalue weighted by molar-refractivity contribution is -0.118. The van der Waals surface area contributed by atoms with E-state index in [9.17, 15) is 14.0 Å². The van der Waals surface area contributed by atoms with Gasteiger partial charge in [0.05, 0.1) is 10.7 Å². The van der Waals surface area contributed by atoms with Crippen LogP contribution in [0.5, 0.6) is 0 Å². The van der Waals surface area contributed by atoms with Crippen molar-refractivity contribution in [3.8, 4) is 11.1 Å². The molecule has 0 atom stereocenters. The number of hydrogen-bond donors (Lipinski definition) is 0. The van der Waals surface area contributed by atoms with Crippen LogP contribution in [-0.4, -0.2) is 23.7 Å². The van der Waals surface area contributed by atoms with Gasteiger partial charge in [0.25, 0.3) is 0 Å². The predicted octanol–water partition coefficient (Wildman–Crippen LogP) is 6.38. The minimum atomic E-state index is -0.508. The Morgan fingerprint density at radius 1 is 1.06 bits per heavy atom. The summed E-state index contributed by atoms with van der Waals surface area (Å²) in [5.74, 6) is -0.797. The topological polar surface area (TPSA) is 50.3 Å². The van der Waals surface area contributed by atoms with E-state index in [1.165, 1.54) is 11.0 Å². The van der Waals surface area contributed by atoms with Gasteiger partial charge in [0.15, 0.2) is 5.78 Å². The van der Waals surface area contributed by atoms with Crippen molar-refractivity contribution < 1.29 is 14.0 Å². The van der Waals surface area contributed by atoms with Crippen molar-refractivity contribution in [1.29, 1.82) is 0 Å². The first kappa shape index (κ1) is 22.9. The van der Waals surface area contributed by atoms with Crippen LogP contribution in [0.1, 0.15) is 35.7 Å². The van der Waals surface area contributed by atoms with Gasteiger partial charge in [-0.05, 0) is 53.4 Å². The number of carbonyl (C=O) groups excluding carboxylic acids is 2. The van der Waals surface area contributed by atoms with E-state index in [0.717, 1.165) is 5.56 Å². The number of aromatic nitrogens is 1. The van der Waals surface area contributed by atoms with Gasteiger partial charge in [0.2, 0.25) is 5.91 Å². The standard InChI is InChI=1S/C24H21Cl2FN2O2/c1-3-23(31)29(2)21-10-7-17(14-20(21)27)16-6-9-18(19(25)13-16)22(30)11-8-15-5-4-12-28-24(15)26/h4-7,9-10,12-14H,3,8,11H2,1-2H3. The summed E-state index contributed by atoms with van der Waals surface area (Å²) >= 11 is 12.4. The molecule has 0 bridgehead atoms. The highest BCUT2D eigenvalue weighted by atomic mass is 35.5. The molecule has 160 valence electrons. The molecule has 31 heavy (non-hydrogen) atoms. The average molecular weight is 459 g/mol. The van der Waals surface area contributed by atoms with Gasteiger partial charge in [-0.2, -0.15) is 0 Å². The molecule has 0 saturated carbocycles. The lowest BCUT2D eigenvalue weighted by Crippen LogP contribution is -2.25. The van der Waals surface area contributed by atoms with Crippen molar-refractivity contribution >= 4 is 40.6 Å². The molecule has 0 unspecified atom stereocenters. The Labute approximate surface area is 190 Å². The van der Waals surface area contributed by atoms with Crippen LogP contribution in [0.2, 0.25) is 10.2 Å². The van der Waals surface area contributed by atoms with Crippen molar-refractivity contribution in [2.75, 3.05) is 11.9 Å². The van der Waals surface area contributed by atoms with Gasteiger partial charge in [-0.1, -0.05) is 48.3 Å². The summed E-state index contributed by atoms with van der Waals surface area (Å²) in [6.45, 7) is 1.72. The second-order valence-corrected chi connectivity index (χ2v) is 7.81. The van der Waals surface area contributed by atoms with Crippen molar-refractivity contribution in [3.63, 3.8) is 0 Å². The van der Waals surface area contributed by atoms with Gasteiger partial charge in [-0.3, -0.25) is 9.59 Å². The number of rotatable bonds is 7. The lowest BCUT2D eigenvalue weighted by atomic mass is 9.99. The smallest absolute Gasteiger partial charge is 0.226 e. The molecule has 3 aromatic rings. The molecule has 0 aliphatic carbocycles. The van der Waals surface area contributed by atoms with E-state index in [4.69, 9.17) is 23.2 Å². The van der Waals surface area contributed by atoms with Crippen LogP contribution in [0.15, 0.2) is 54.7 Å². The predicted molar refractivity (Wildman–Crippen MR) is 122 cm³/mol. The maximum atomic E-state index is 14.6. The van der Waals surface area contributed by atoms with Crippen LogP contribution in [0.4, 0.5) is 10.1 Å². The number of Topliss-reactive ketones (excluding diaryl/α,β-unsaturated/α-hetero) is 1. The number of ketones is 1. The highest BCUT2D eigenvalue weighted by molar-refractivity contribution is 6.34. The number of carbonyl (C=O) groups is 2. The Kier molecular flexibility index (Phi) is 7.42. The maximum absolute atomic E-state index is 14.6. The Hall–Kier alpha value is -2.76. The van der Waals surface area contributed by atoms with Gasteiger partial charge in [-0.25, -0.2) is 9.37 Å². The van der Waals surface area contributed by atoms with E-state index in [1.54, 1.807) is 56.6 Å². The molecule has 1 amide bonds. The summed E-state index contributed by atoms with van der Waals surface area (Å²) < 4.78 is 14.6. The molecule has 0 N–H and O–H groups in total. The summed E-state index contributed by atoms with van der Waals surface area (Å²) in [7, 11) is 1.54. The summed E-state index contributed by atoms with van der Waals surface area (Å²) in [5, 5.41) is 0.677. The zero-order valence-corrected chi connectivity index (χ0v) is 18.7. The highest BCUT2D eigenvalue weighted by Crippen LogP contribution is 2.30. The summed E-state index contributed by atoms with van der Waals surface area (Å²) in [4.78, 5) is 29.7. The van der Waals surface area contributed by atoms with Crippen molar-refractivity contribution in [3.05, 3.63) is 81.8 Å². The first-order valence-electron chi connectivity index (χ1n) is 9.80. The van der Waals surface area contributed by atoms with Gasteiger partial charge >= 0.3 is 0 Å². The Bertz CT molecular complexity index is 1130. The van der Waals surface area contributed by atoms with Gasteiger partial charge < -0.3 is 4.90 Å². The van der Waals surface area contributed by atoms with Crippen LogP contribution in [0.3, 0.4) is 0 Å². The number of anilines is 1. The molecule has 0 fully saturated rings. The second kappa shape index (κ2) is 10.0. The number of pyridine rings is 1. The zero-order chi connectivity index (χ0) is 22.5. The SMILES string of the molecule is CCC(=O)N(C)c1ccc(-c2ccc(C(=O)CCc3cccnc3Cl)c(Cl)c2)cc1F. The van der Waals surface area contributed by atoms with E-state index in [2.05, 4.69) is 4.98 Å². The van der Waals surface area contributed by atoms with Crippen molar-refractivity contribution in [2.24, 2.45) is 0 Å². The summed E-state index contributed by atoms with van der Waals surface area (Å²) in [6.07, 6.45) is 2.58. The number of halogens is 3. The number of nitrogens with zero attached hydrogens (tertiary/aromatic N) is 2. The molecule has 0 aliphatic rings. The zero-order valence-electron chi connectivity index (χ0n) is 17.2. The third kappa shape index (κ3) is 5.30. The monoisotopic (exact) mass is 458 g/mol. The van der Waals surface area contributed by atoms with E-state index in [0.29, 0.717) is 33.3 Å². The molecule has 0 radical (unpaired) electrons. The quantitative estimate of drug-likeness (QED) is 0.304. The fourth-order valence-electron chi connectivity index (χ4n) is 3.24. The Morgan fingerprint density at radius 2 is 1.77 bits per heavy atom. The number of hydrogen-bond acceptors (Lipinski definition) is 3. The van der Waals surface area contributed by atoms with Crippen LogP contribution in [0.25, 0.3) is 11.1 Å². The Morgan fingerprint density at radius 3 is 2.42 bits per heavy atom. The molecule has 3 rings (SSSR count). The van der Waals surface area contributed by atoms with Crippen molar-refractivity contribution in [1.82, 2.24) is 4.98 Å². The first-order chi connectivity index (χ1) is 14.8. The molecule has 7 heteroatoms. The average Bonchev–Trinajstić information content (AvgIpc) is 2.77. The largest absolute Gasteiger partial charge is 0.313 e. The van der Waals surface area contributed by atoms with E-state index in [1.807, 2.05) is 6.07 Å². The van der Waals surface area contributed by atoms with Crippen LogP contribution < -0.4 is 4.90 Å². The Balaban J connectivity index is 1.77. The summed E-state index contributed by atoms with van der Waals surface area (Å²) in [6, 6.07) is 13.2.